The summed E-state index contributed by atoms with van der Waals surface area (Å²) in [5, 5.41) is 3.79. The van der Waals surface area contributed by atoms with Gasteiger partial charge in [0, 0.05) is 48.5 Å². The molecule has 0 saturated carbocycles. The van der Waals surface area contributed by atoms with Gasteiger partial charge >= 0.3 is 0 Å². The fourth-order valence-electron chi connectivity index (χ4n) is 5.19. The number of carbonyl (C=O) groups excluding carboxylic acids is 1. The van der Waals surface area contributed by atoms with Gasteiger partial charge in [-0.1, -0.05) is 121 Å². The number of amides is 1. The van der Waals surface area contributed by atoms with Crippen LogP contribution >= 0.6 is 11.8 Å². The van der Waals surface area contributed by atoms with Crippen molar-refractivity contribution in [3.05, 3.63) is 165 Å². The SMILES string of the molecule is Cc1nc(SCc2ccccc2C(=O)NCCC(c2ccccc2)c2ccccc2)n(C)c(=O)c1Cc1ccccc1. The highest BCUT2D eigenvalue weighted by molar-refractivity contribution is 7.98. The fraction of sp³-hybridized carbons (Fsp3) is 0.194. The number of nitrogens with zero attached hydrogens (tertiary/aromatic N) is 2. The van der Waals surface area contributed by atoms with Crippen LogP contribution in [0, 0.1) is 6.92 Å². The summed E-state index contributed by atoms with van der Waals surface area (Å²) in [6.07, 6.45) is 1.34. The molecule has 5 aromatic rings. The van der Waals surface area contributed by atoms with E-state index in [1.807, 2.05) is 73.7 Å². The second-order valence-electron chi connectivity index (χ2n) is 10.3. The van der Waals surface area contributed by atoms with Gasteiger partial charge in [-0.15, -0.1) is 0 Å². The summed E-state index contributed by atoms with van der Waals surface area (Å²) in [5.41, 5.74) is 6.51. The Hall–Kier alpha value is -4.42. The van der Waals surface area contributed by atoms with Gasteiger partial charge in [0.15, 0.2) is 5.16 Å². The Kier molecular flexibility index (Phi) is 9.67. The number of rotatable bonds is 11. The average Bonchev–Trinajstić information content (AvgIpc) is 3.04. The van der Waals surface area contributed by atoms with Gasteiger partial charge in [-0.25, -0.2) is 4.98 Å². The summed E-state index contributed by atoms with van der Waals surface area (Å²) < 4.78 is 1.62. The van der Waals surface area contributed by atoms with Gasteiger partial charge in [0.2, 0.25) is 0 Å². The molecule has 4 aromatic carbocycles. The maximum absolute atomic E-state index is 13.3. The maximum Gasteiger partial charge on any atom is 0.257 e. The largest absolute Gasteiger partial charge is 0.352 e. The van der Waals surface area contributed by atoms with E-state index in [-0.39, 0.29) is 17.4 Å². The van der Waals surface area contributed by atoms with Crippen LogP contribution in [0.15, 0.2) is 125 Å². The molecule has 0 atom stereocenters. The van der Waals surface area contributed by atoms with Crippen LogP contribution < -0.4 is 10.9 Å². The van der Waals surface area contributed by atoms with Gasteiger partial charge in [0.25, 0.3) is 11.5 Å². The molecule has 0 aliphatic carbocycles. The molecule has 0 radical (unpaired) electrons. The van der Waals surface area contributed by atoms with E-state index >= 15 is 0 Å². The molecule has 0 aliphatic heterocycles. The molecule has 0 saturated heterocycles. The van der Waals surface area contributed by atoms with Crippen molar-refractivity contribution in [3.8, 4) is 0 Å². The van der Waals surface area contributed by atoms with Gasteiger partial charge in [0.1, 0.15) is 0 Å². The Labute approximate surface area is 251 Å². The normalized spacial score (nSPS) is 11.0. The van der Waals surface area contributed by atoms with Crippen molar-refractivity contribution in [3.63, 3.8) is 0 Å². The number of hydrogen-bond donors (Lipinski definition) is 1. The first-order valence-electron chi connectivity index (χ1n) is 14.2. The Morgan fingerprint density at radius 3 is 2.05 bits per heavy atom. The smallest absolute Gasteiger partial charge is 0.257 e. The van der Waals surface area contributed by atoms with Crippen molar-refractivity contribution in [2.24, 2.45) is 7.05 Å². The molecule has 0 spiro atoms. The van der Waals surface area contributed by atoms with E-state index in [0.29, 0.717) is 35.0 Å². The Bertz CT molecular complexity index is 1650. The van der Waals surface area contributed by atoms with E-state index in [9.17, 15) is 9.59 Å². The summed E-state index contributed by atoms with van der Waals surface area (Å²) in [6, 6.07) is 38.5. The van der Waals surface area contributed by atoms with Gasteiger partial charge in [-0.05, 0) is 41.7 Å². The van der Waals surface area contributed by atoms with Crippen LogP contribution in [-0.2, 0) is 19.2 Å². The third-order valence-electron chi connectivity index (χ3n) is 7.51. The van der Waals surface area contributed by atoms with Crippen molar-refractivity contribution < 1.29 is 4.79 Å². The lowest BCUT2D eigenvalue weighted by Gasteiger charge is -2.19. The third kappa shape index (κ3) is 7.07. The Morgan fingerprint density at radius 1 is 0.833 bits per heavy atom. The minimum atomic E-state index is -0.0951. The number of benzene rings is 4. The number of carbonyl (C=O) groups is 1. The zero-order valence-electron chi connectivity index (χ0n) is 24.0. The van der Waals surface area contributed by atoms with E-state index in [0.717, 1.165) is 23.2 Å². The fourth-order valence-corrected chi connectivity index (χ4v) is 6.21. The third-order valence-corrected chi connectivity index (χ3v) is 8.59. The lowest BCUT2D eigenvalue weighted by Crippen LogP contribution is -2.27. The van der Waals surface area contributed by atoms with Crippen molar-refractivity contribution in [2.45, 2.75) is 36.6 Å². The van der Waals surface area contributed by atoms with Crippen molar-refractivity contribution in [1.82, 2.24) is 14.9 Å². The van der Waals surface area contributed by atoms with Crippen LogP contribution in [0.4, 0.5) is 0 Å². The Morgan fingerprint density at radius 2 is 1.40 bits per heavy atom. The molecule has 1 aromatic heterocycles. The van der Waals surface area contributed by atoms with Gasteiger partial charge in [0.05, 0.1) is 0 Å². The molecule has 0 unspecified atom stereocenters. The van der Waals surface area contributed by atoms with Gasteiger partial charge in [-0.2, -0.15) is 0 Å². The van der Waals surface area contributed by atoms with Gasteiger partial charge in [-0.3, -0.25) is 14.2 Å². The summed E-state index contributed by atoms with van der Waals surface area (Å²) in [4.78, 5) is 31.3. The lowest BCUT2D eigenvalue weighted by molar-refractivity contribution is 0.0952. The minimum Gasteiger partial charge on any atom is -0.352 e. The highest BCUT2D eigenvalue weighted by Crippen LogP contribution is 2.28. The van der Waals surface area contributed by atoms with E-state index < -0.39 is 0 Å². The Balaban J connectivity index is 1.26. The average molecular weight is 574 g/mol. The summed E-state index contributed by atoms with van der Waals surface area (Å²) in [5.74, 6) is 0.624. The standard InChI is InChI=1S/C36H35N3O2S/c1-26-33(24-27-14-6-3-7-15-27)35(41)39(2)36(38-26)42-25-30-20-12-13-21-32(30)34(40)37-23-22-31(28-16-8-4-9-17-28)29-18-10-5-11-19-29/h3-21,31H,22-25H2,1-2H3,(H,37,40). The molecule has 1 amide bonds. The van der Waals surface area contributed by atoms with E-state index in [2.05, 4.69) is 53.8 Å². The molecule has 42 heavy (non-hydrogen) atoms. The van der Waals surface area contributed by atoms with Crippen molar-refractivity contribution in [1.29, 1.82) is 0 Å². The number of nitrogens with one attached hydrogen (secondary N) is 1. The molecule has 0 aliphatic rings. The number of hydrogen-bond acceptors (Lipinski definition) is 4. The van der Waals surface area contributed by atoms with E-state index in [1.54, 1.807) is 11.6 Å². The quantitative estimate of drug-likeness (QED) is 0.138. The molecule has 5 rings (SSSR count). The zero-order chi connectivity index (χ0) is 29.3. The molecule has 212 valence electrons. The second-order valence-corrected chi connectivity index (χ2v) is 11.3. The number of thioether (sulfide) groups is 1. The molecule has 0 fully saturated rings. The van der Waals surface area contributed by atoms with E-state index in [4.69, 9.17) is 4.98 Å². The van der Waals surface area contributed by atoms with Crippen LogP contribution in [0.3, 0.4) is 0 Å². The number of aryl methyl sites for hydroxylation is 1. The summed E-state index contributed by atoms with van der Waals surface area (Å²) >= 11 is 1.47. The highest BCUT2D eigenvalue weighted by atomic mass is 32.2. The van der Waals surface area contributed by atoms with Gasteiger partial charge < -0.3 is 5.32 Å². The van der Waals surface area contributed by atoms with E-state index in [1.165, 1.54) is 22.9 Å². The van der Waals surface area contributed by atoms with Crippen molar-refractivity contribution >= 4 is 17.7 Å². The predicted molar refractivity (Wildman–Crippen MR) is 171 cm³/mol. The molecule has 1 heterocycles. The summed E-state index contributed by atoms with van der Waals surface area (Å²) in [7, 11) is 1.76. The maximum atomic E-state index is 13.3. The topological polar surface area (TPSA) is 64.0 Å². The van der Waals surface area contributed by atoms with Crippen LogP contribution in [0.2, 0.25) is 0 Å². The van der Waals surface area contributed by atoms with Crippen LogP contribution in [0.25, 0.3) is 0 Å². The molecular formula is C36H35N3O2S. The highest BCUT2D eigenvalue weighted by Gasteiger charge is 2.17. The molecule has 1 N–H and O–H groups in total. The van der Waals surface area contributed by atoms with Crippen LogP contribution in [0.5, 0.6) is 0 Å². The predicted octanol–water partition coefficient (Wildman–Crippen LogP) is 6.92. The molecule has 0 bridgehead atoms. The second kappa shape index (κ2) is 14.0. The monoisotopic (exact) mass is 573 g/mol. The lowest BCUT2D eigenvalue weighted by atomic mass is 9.88. The first-order valence-corrected chi connectivity index (χ1v) is 15.2. The molecule has 6 heteroatoms. The van der Waals surface area contributed by atoms with Crippen molar-refractivity contribution in [2.75, 3.05) is 6.54 Å². The zero-order valence-corrected chi connectivity index (χ0v) is 24.8. The first-order chi connectivity index (χ1) is 20.5. The summed E-state index contributed by atoms with van der Waals surface area (Å²) in [6.45, 7) is 2.44. The minimum absolute atomic E-state index is 0.0359. The molecular weight excluding hydrogens is 538 g/mol. The molecule has 5 nitrogen and oxygen atoms in total. The van der Waals surface area contributed by atoms with Crippen LogP contribution in [-0.4, -0.2) is 22.0 Å². The first kappa shape index (κ1) is 29.1. The number of aromatic nitrogens is 2. The van der Waals surface area contributed by atoms with Crippen LogP contribution in [0.1, 0.15) is 56.2 Å².